The van der Waals surface area contributed by atoms with Gasteiger partial charge in [0.2, 0.25) is 0 Å². The minimum atomic E-state index is -0.840. The van der Waals surface area contributed by atoms with E-state index in [2.05, 4.69) is 15.5 Å². The summed E-state index contributed by atoms with van der Waals surface area (Å²) in [7, 11) is 0. The van der Waals surface area contributed by atoms with Gasteiger partial charge in [-0.2, -0.15) is 0 Å². The highest BCUT2D eigenvalue weighted by Crippen LogP contribution is 2.21. The standard InChI is InChI=1S/C16H15FN4O2/c1-11-7-12(17)5-6-15(11)16(22)9-23-14-4-2-3-13(8-14)21-10-18-19-20-21/h2-8,10,16,22H,9H2,1H3. The van der Waals surface area contributed by atoms with Gasteiger partial charge in [-0.25, -0.2) is 9.07 Å². The van der Waals surface area contributed by atoms with Crippen LogP contribution in [0.5, 0.6) is 5.75 Å². The van der Waals surface area contributed by atoms with Crippen LogP contribution >= 0.6 is 0 Å². The molecular formula is C16H15FN4O2. The summed E-state index contributed by atoms with van der Waals surface area (Å²) >= 11 is 0. The molecule has 0 aliphatic rings. The highest BCUT2D eigenvalue weighted by Gasteiger charge is 2.12. The van der Waals surface area contributed by atoms with E-state index in [4.69, 9.17) is 4.74 Å². The second-order valence-corrected chi connectivity index (χ2v) is 5.08. The van der Waals surface area contributed by atoms with E-state index in [9.17, 15) is 9.50 Å². The van der Waals surface area contributed by atoms with Gasteiger partial charge >= 0.3 is 0 Å². The second kappa shape index (κ2) is 6.53. The van der Waals surface area contributed by atoms with Crippen LogP contribution in [-0.4, -0.2) is 31.9 Å². The van der Waals surface area contributed by atoms with Crippen molar-refractivity contribution >= 4 is 0 Å². The number of aliphatic hydroxyl groups is 1. The average Bonchev–Trinajstić information content (AvgIpc) is 3.07. The Morgan fingerprint density at radius 3 is 2.87 bits per heavy atom. The first-order chi connectivity index (χ1) is 11.1. The van der Waals surface area contributed by atoms with E-state index in [1.807, 2.05) is 12.1 Å². The number of aryl methyl sites for hydroxylation is 1. The molecule has 2 aromatic carbocycles. The van der Waals surface area contributed by atoms with E-state index in [0.29, 0.717) is 16.9 Å². The van der Waals surface area contributed by atoms with Gasteiger partial charge in [0.25, 0.3) is 0 Å². The Labute approximate surface area is 132 Å². The third kappa shape index (κ3) is 3.51. The summed E-state index contributed by atoms with van der Waals surface area (Å²) in [6, 6.07) is 11.5. The first-order valence-corrected chi connectivity index (χ1v) is 7.04. The molecule has 1 unspecified atom stereocenters. The van der Waals surface area contributed by atoms with Crippen molar-refractivity contribution in [3.63, 3.8) is 0 Å². The molecule has 1 heterocycles. The third-order valence-electron chi connectivity index (χ3n) is 3.43. The molecule has 0 saturated carbocycles. The molecule has 1 N–H and O–H groups in total. The van der Waals surface area contributed by atoms with Crippen LogP contribution in [0, 0.1) is 12.7 Å². The molecule has 0 bridgehead atoms. The molecule has 0 amide bonds. The lowest BCUT2D eigenvalue weighted by molar-refractivity contribution is 0.107. The van der Waals surface area contributed by atoms with Crippen LogP contribution in [-0.2, 0) is 0 Å². The van der Waals surface area contributed by atoms with Gasteiger partial charge in [0.15, 0.2) is 0 Å². The molecule has 0 fully saturated rings. The minimum absolute atomic E-state index is 0.0610. The SMILES string of the molecule is Cc1cc(F)ccc1C(O)COc1cccc(-n2cnnn2)c1. The van der Waals surface area contributed by atoms with Gasteiger partial charge < -0.3 is 9.84 Å². The highest BCUT2D eigenvalue weighted by atomic mass is 19.1. The summed E-state index contributed by atoms with van der Waals surface area (Å²) in [4.78, 5) is 0. The number of aliphatic hydroxyl groups excluding tert-OH is 1. The number of benzene rings is 2. The summed E-state index contributed by atoms with van der Waals surface area (Å²) in [5.41, 5.74) is 2.08. The van der Waals surface area contributed by atoms with Crippen LogP contribution in [0.3, 0.4) is 0 Å². The topological polar surface area (TPSA) is 73.1 Å². The normalized spacial score (nSPS) is 12.1. The maximum Gasteiger partial charge on any atom is 0.143 e. The van der Waals surface area contributed by atoms with Crippen molar-refractivity contribution in [1.82, 2.24) is 20.2 Å². The summed E-state index contributed by atoms with van der Waals surface area (Å²) in [6.45, 7) is 1.81. The Kier molecular flexibility index (Phi) is 4.29. The van der Waals surface area contributed by atoms with Gasteiger partial charge in [-0.1, -0.05) is 12.1 Å². The van der Waals surface area contributed by atoms with Crippen LogP contribution < -0.4 is 4.74 Å². The summed E-state index contributed by atoms with van der Waals surface area (Å²) in [5, 5.41) is 21.2. The van der Waals surface area contributed by atoms with Crippen LogP contribution in [0.25, 0.3) is 5.69 Å². The van der Waals surface area contributed by atoms with Crippen molar-refractivity contribution in [2.75, 3.05) is 6.61 Å². The molecule has 0 spiro atoms. The van der Waals surface area contributed by atoms with Crippen LogP contribution in [0.15, 0.2) is 48.8 Å². The van der Waals surface area contributed by atoms with Crippen molar-refractivity contribution in [3.05, 3.63) is 65.7 Å². The number of aromatic nitrogens is 4. The predicted octanol–water partition coefficient (Wildman–Crippen LogP) is 2.22. The number of nitrogens with zero attached hydrogens (tertiary/aromatic N) is 4. The largest absolute Gasteiger partial charge is 0.490 e. The first kappa shape index (κ1) is 15.1. The highest BCUT2D eigenvalue weighted by molar-refractivity contribution is 5.38. The number of rotatable bonds is 5. The van der Waals surface area contributed by atoms with Crippen molar-refractivity contribution in [2.45, 2.75) is 13.0 Å². The van der Waals surface area contributed by atoms with Gasteiger partial charge in [0.1, 0.15) is 30.6 Å². The van der Waals surface area contributed by atoms with Crippen LogP contribution in [0.2, 0.25) is 0 Å². The van der Waals surface area contributed by atoms with Crippen molar-refractivity contribution in [1.29, 1.82) is 0 Å². The summed E-state index contributed by atoms with van der Waals surface area (Å²) in [6.07, 6.45) is 0.642. The Hall–Kier alpha value is -2.80. The fourth-order valence-corrected chi connectivity index (χ4v) is 2.27. The fraction of sp³-hybridized carbons (Fsp3) is 0.188. The second-order valence-electron chi connectivity index (χ2n) is 5.08. The summed E-state index contributed by atoms with van der Waals surface area (Å²) < 4.78 is 20.2. The predicted molar refractivity (Wildman–Crippen MR) is 80.7 cm³/mol. The van der Waals surface area contributed by atoms with Gasteiger partial charge in [-0.3, -0.25) is 0 Å². The molecule has 0 saturated heterocycles. The molecule has 0 aliphatic heterocycles. The lowest BCUT2D eigenvalue weighted by Gasteiger charge is -2.15. The Morgan fingerprint density at radius 1 is 1.26 bits per heavy atom. The molecule has 23 heavy (non-hydrogen) atoms. The van der Waals surface area contributed by atoms with Crippen molar-refractivity contribution < 1.29 is 14.2 Å². The van der Waals surface area contributed by atoms with Crippen molar-refractivity contribution in [3.8, 4) is 11.4 Å². The average molecular weight is 314 g/mol. The van der Waals surface area contributed by atoms with E-state index in [0.717, 1.165) is 5.69 Å². The van der Waals surface area contributed by atoms with E-state index in [1.165, 1.54) is 23.1 Å². The first-order valence-electron chi connectivity index (χ1n) is 7.04. The number of halogens is 1. The molecule has 1 aromatic heterocycles. The van der Waals surface area contributed by atoms with Crippen LogP contribution in [0.4, 0.5) is 4.39 Å². The molecule has 0 aliphatic carbocycles. The zero-order valence-electron chi connectivity index (χ0n) is 12.4. The Morgan fingerprint density at radius 2 is 2.13 bits per heavy atom. The molecular weight excluding hydrogens is 299 g/mol. The zero-order valence-corrected chi connectivity index (χ0v) is 12.4. The van der Waals surface area contributed by atoms with Gasteiger partial charge in [-0.05, 0) is 52.7 Å². The quantitative estimate of drug-likeness (QED) is 0.782. The maximum absolute atomic E-state index is 13.1. The fourth-order valence-electron chi connectivity index (χ4n) is 2.27. The minimum Gasteiger partial charge on any atom is -0.490 e. The van der Waals surface area contributed by atoms with Crippen molar-refractivity contribution in [2.24, 2.45) is 0 Å². The van der Waals surface area contributed by atoms with Crippen LogP contribution in [0.1, 0.15) is 17.2 Å². The van der Waals surface area contributed by atoms with Gasteiger partial charge in [0, 0.05) is 6.07 Å². The molecule has 3 rings (SSSR count). The third-order valence-corrected chi connectivity index (χ3v) is 3.43. The zero-order chi connectivity index (χ0) is 16.2. The maximum atomic E-state index is 13.1. The Balaban J connectivity index is 1.69. The smallest absolute Gasteiger partial charge is 0.143 e. The monoisotopic (exact) mass is 314 g/mol. The van der Waals surface area contributed by atoms with Gasteiger partial charge in [-0.15, -0.1) is 5.10 Å². The van der Waals surface area contributed by atoms with Gasteiger partial charge in [0.05, 0.1) is 5.69 Å². The molecule has 0 radical (unpaired) electrons. The number of ether oxygens (including phenoxy) is 1. The molecule has 7 heteroatoms. The molecule has 6 nitrogen and oxygen atoms in total. The van der Waals surface area contributed by atoms with E-state index >= 15 is 0 Å². The Bertz CT molecular complexity index is 793. The number of hydrogen-bond acceptors (Lipinski definition) is 5. The summed E-state index contributed by atoms with van der Waals surface area (Å²) in [5.74, 6) is 0.255. The van der Waals surface area contributed by atoms with E-state index in [-0.39, 0.29) is 12.4 Å². The molecule has 1 atom stereocenters. The lowest BCUT2D eigenvalue weighted by Crippen LogP contribution is -2.11. The van der Waals surface area contributed by atoms with E-state index in [1.54, 1.807) is 25.1 Å². The van der Waals surface area contributed by atoms with E-state index < -0.39 is 6.10 Å². The number of hydrogen-bond donors (Lipinski definition) is 1. The lowest BCUT2D eigenvalue weighted by atomic mass is 10.0. The molecule has 118 valence electrons. The number of tetrazole rings is 1. The molecule has 3 aromatic rings.